The molecule has 2 saturated heterocycles. The van der Waals surface area contributed by atoms with Crippen molar-refractivity contribution >= 4 is 15.8 Å². The molecule has 0 spiro atoms. The first-order chi connectivity index (χ1) is 12.1. The summed E-state index contributed by atoms with van der Waals surface area (Å²) in [7, 11) is -2.96. The molecule has 2 aliphatic heterocycles. The van der Waals surface area contributed by atoms with Gasteiger partial charge in [-0.2, -0.15) is 0 Å². The highest BCUT2D eigenvalue weighted by atomic mass is 32.2. The highest BCUT2D eigenvalue weighted by Gasteiger charge is 2.55. The monoisotopic (exact) mass is 381 g/mol. The van der Waals surface area contributed by atoms with Gasteiger partial charge in [0.15, 0.2) is 9.84 Å². The second-order valence-electron chi connectivity index (χ2n) is 9.69. The zero-order valence-corrected chi connectivity index (χ0v) is 16.7. The molecule has 0 radical (unpaired) electrons. The zero-order chi connectivity index (χ0) is 18.7. The Kier molecular flexibility index (Phi) is 4.31. The summed E-state index contributed by atoms with van der Waals surface area (Å²) < 4.78 is 29.4. The van der Waals surface area contributed by atoms with Gasteiger partial charge in [-0.15, -0.1) is 0 Å². The molecule has 0 amide bonds. The molecule has 0 unspecified atom stereocenters. The van der Waals surface area contributed by atoms with E-state index in [1.54, 1.807) is 0 Å². The molecule has 6 atom stereocenters. The molecular weight excluding hydrogens is 350 g/mol. The Morgan fingerprint density at radius 1 is 1.31 bits per heavy atom. The van der Waals surface area contributed by atoms with Crippen molar-refractivity contribution in [2.24, 2.45) is 23.2 Å². The van der Waals surface area contributed by atoms with Gasteiger partial charge in [0.25, 0.3) is 0 Å². The molecule has 2 saturated carbocycles. The third-order valence-corrected chi connectivity index (χ3v) is 9.48. The average Bonchev–Trinajstić information content (AvgIpc) is 2.98. The second kappa shape index (κ2) is 6.06. The summed E-state index contributed by atoms with van der Waals surface area (Å²) in [5, 5.41) is 3.41. The van der Waals surface area contributed by atoms with Crippen LogP contribution in [0.5, 0.6) is 0 Å². The Hall–Kier alpha value is -0.880. The van der Waals surface area contributed by atoms with E-state index >= 15 is 0 Å². The molecule has 4 fully saturated rings. The molecule has 2 heterocycles. The Bertz CT molecular complexity index is 732. The SMILES string of the molecule is C=C1CCC[C@]2(C)C[C@H]3OC(=O)[C@@H](CN[C@@]4(C)CCS(=O)(=O)C4)[C@H]3C[C@H]12. The number of hydrogen-bond donors (Lipinski definition) is 1. The normalized spacial score (nSPS) is 47.3. The minimum absolute atomic E-state index is 0.0153. The van der Waals surface area contributed by atoms with E-state index in [4.69, 9.17) is 4.74 Å². The van der Waals surface area contributed by atoms with Crippen molar-refractivity contribution in [1.29, 1.82) is 0 Å². The first-order valence-corrected chi connectivity index (χ1v) is 11.8. The maximum Gasteiger partial charge on any atom is 0.310 e. The standard InChI is InChI=1S/C20H31NO4S/c1-13-5-4-6-19(2)10-17-14(9-16(13)19)15(18(22)25-17)11-21-20(3)7-8-26(23,24)12-20/h14-17,21H,1,4-12H2,2-3H3/t14-,15+,16-,17-,19-,20+/m1/s1. The van der Waals surface area contributed by atoms with Crippen molar-refractivity contribution < 1.29 is 17.9 Å². The number of sulfone groups is 1. The van der Waals surface area contributed by atoms with Crippen LogP contribution in [0, 0.1) is 23.2 Å². The van der Waals surface area contributed by atoms with Crippen LogP contribution in [0.1, 0.15) is 52.4 Å². The molecule has 2 aliphatic carbocycles. The van der Waals surface area contributed by atoms with E-state index in [0.717, 1.165) is 19.3 Å². The zero-order valence-electron chi connectivity index (χ0n) is 15.9. The molecule has 1 N–H and O–H groups in total. The Balaban J connectivity index is 1.47. The summed E-state index contributed by atoms with van der Waals surface area (Å²) in [6.07, 6.45) is 6.03. The van der Waals surface area contributed by atoms with E-state index in [1.165, 1.54) is 18.4 Å². The summed E-state index contributed by atoms with van der Waals surface area (Å²) in [5.41, 5.74) is 1.14. The minimum Gasteiger partial charge on any atom is -0.462 e. The number of carbonyl (C=O) groups excluding carboxylic acids is 1. The molecule has 0 aromatic carbocycles. The number of nitrogens with one attached hydrogen (secondary N) is 1. The van der Waals surface area contributed by atoms with Crippen LogP contribution in [0.25, 0.3) is 0 Å². The van der Waals surface area contributed by atoms with Crippen LogP contribution in [-0.2, 0) is 19.4 Å². The second-order valence-corrected chi connectivity index (χ2v) is 11.9. The molecule has 26 heavy (non-hydrogen) atoms. The lowest BCUT2D eigenvalue weighted by Crippen LogP contribution is -2.49. The van der Waals surface area contributed by atoms with Gasteiger partial charge in [-0.25, -0.2) is 8.42 Å². The van der Waals surface area contributed by atoms with Gasteiger partial charge >= 0.3 is 5.97 Å². The van der Waals surface area contributed by atoms with Gasteiger partial charge in [0.1, 0.15) is 6.10 Å². The molecule has 146 valence electrons. The van der Waals surface area contributed by atoms with Gasteiger partial charge in [-0.3, -0.25) is 4.79 Å². The van der Waals surface area contributed by atoms with Gasteiger partial charge < -0.3 is 10.1 Å². The van der Waals surface area contributed by atoms with E-state index in [1.807, 2.05) is 6.92 Å². The van der Waals surface area contributed by atoms with Crippen molar-refractivity contribution in [3.05, 3.63) is 12.2 Å². The highest BCUT2D eigenvalue weighted by molar-refractivity contribution is 7.91. The number of ether oxygens (including phenoxy) is 1. The van der Waals surface area contributed by atoms with E-state index in [2.05, 4.69) is 18.8 Å². The number of allylic oxidation sites excluding steroid dienone is 1. The minimum atomic E-state index is -2.96. The van der Waals surface area contributed by atoms with Gasteiger partial charge in [0, 0.05) is 18.0 Å². The molecule has 5 nitrogen and oxygen atoms in total. The van der Waals surface area contributed by atoms with E-state index < -0.39 is 15.4 Å². The molecule has 0 bridgehead atoms. The van der Waals surface area contributed by atoms with Crippen LogP contribution in [-0.4, -0.2) is 44.1 Å². The maximum absolute atomic E-state index is 12.6. The summed E-state index contributed by atoms with van der Waals surface area (Å²) in [4.78, 5) is 12.6. The number of carbonyl (C=O) groups is 1. The van der Waals surface area contributed by atoms with E-state index in [9.17, 15) is 13.2 Å². The number of rotatable bonds is 3. The van der Waals surface area contributed by atoms with Crippen LogP contribution < -0.4 is 5.32 Å². The van der Waals surface area contributed by atoms with Crippen LogP contribution in [0.15, 0.2) is 12.2 Å². The fraction of sp³-hybridized carbons (Fsp3) is 0.850. The molecule has 4 rings (SSSR count). The molecule has 6 heteroatoms. The quantitative estimate of drug-likeness (QED) is 0.601. The maximum atomic E-state index is 12.6. The fourth-order valence-corrected chi connectivity index (χ4v) is 8.12. The number of esters is 1. The predicted molar refractivity (Wildman–Crippen MR) is 100 cm³/mol. The van der Waals surface area contributed by atoms with E-state index in [0.29, 0.717) is 18.9 Å². The lowest BCUT2D eigenvalue weighted by Gasteiger charge is -2.50. The van der Waals surface area contributed by atoms with Gasteiger partial charge in [-0.1, -0.05) is 19.1 Å². The van der Waals surface area contributed by atoms with Crippen LogP contribution in [0.2, 0.25) is 0 Å². The van der Waals surface area contributed by atoms with Crippen LogP contribution in [0.3, 0.4) is 0 Å². The molecular formula is C20H31NO4S. The topological polar surface area (TPSA) is 72.5 Å². The summed E-state index contributed by atoms with van der Waals surface area (Å²) >= 11 is 0. The van der Waals surface area contributed by atoms with E-state index in [-0.39, 0.29) is 40.8 Å². The van der Waals surface area contributed by atoms with Crippen LogP contribution in [0.4, 0.5) is 0 Å². The first kappa shape index (κ1) is 18.5. The lowest BCUT2D eigenvalue weighted by molar-refractivity contribution is -0.146. The molecule has 0 aromatic rings. The van der Waals surface area contributed by atoms with Crippen molar-refractivity contribution in [1.82, 2.24) is 5.32 Å². The Morgan fingerprint density at radius 2 is 2.08 bits per heavy atom. The number of fused-ring (bicyclic) bond motifs is 2. The summed E-state index contributed by atoms with van der Waals surface area (Å²) in [6, 6.07) is 0. The first-order valence-electron chi connectivity index (χ1n) is 9.95. The summed E-state index contributed by atoms with van der Waals surface area (Å²) in [6.45, 7) is 9.14. The third kappa shape index (κ3) is 3.13. The molecule has 4 aliphatic rings. The third-order valence-electron chi connectivity index (χ3n) is 7.57. The smallest absolute Gasteiger partial charge is 0.310 e. The van der Waals surface area contributed by atoms with Crippen LogP contribution >= 0.6 is 0 Å². The van der Waals surface area contributed by atoms with Crippen molar-refractivity contribution in [2.75, 3.05) is 18.1 Å². The molecule has 0 aromatic heterocycles. The Labute approximate surface area is 156 Å². The van der Waals surface area contributed by atoms with Gasteiger partial charge in [0.05, 0.1) is 17.4 Å². The van der Waals surface area contributed by atoms with Gasteiger partial charge in [0.2, 0.25) is 0 Å². The lowest BCUT2D eigenvalue weighted by atomic mass is 9.55. The van der Waals surface area contributed by atoms with Crippen molar-refractivity contribution in [3.63, 3.8) is 0 Å². The number of hydrogen-bond acceptors (Lipinski definition) is 5. The average molecular weight is 382 g/mol. The Morgan fingerprint density at radius 3 is 2.77 bits per heavy atom. The van der Waals surface area contributed by atoms with Crippen molar-refractivity contribution in [2.45, 2.75) is 64.0 Å². The van der Waals surface area contributed by atoms with Crippen molar-refractivity contribution in [3.8, 4) is 0 Å². The largest absolute Gasteiger partial charge is 0.462 e. The fourth-order valence-electron chi connectivity index (χ4n) is 6.00. The summed E-state index contributed by atoms with van der Waals surface area (Å²) in [5.74, 6) is 0.830. The highest BCUT2D eigenvalue weighted by Crippen LogP contribution is 2.56. The predicted octanol–water partition coefficient (Wildman–Crippen LogP) is 2.47. The van der Waals surface area contributed by atoms with Gasteiger partial charge in [-0.05, 0) is 56.8 Å².